The molecule has 2 aromatic rings. The summed E-state index contributed by atoms with van der Waals surface area (Å²) in [5, 5.41) is 0.696. The molecule has 0 unspecified atom stereocenters. The van der Waals surface area contributed by atoms with Crippen molar-refractivity contribution in [1.82, 2.24) is 9.88 Å². The predicted octanol–water partition coefficient (Wildman–Crippen LogP) is 3.33. The fourth-order valence-electron chi connectivity index (χ4n) is 1.96. The molecule has 0 aliphatic rings. The minimum absolute atomic E-state index is 0.113. The minimum atomic E-state index is 0.113. The van der Waals surface area contributed by atoms with Crippen molar-refractivity contribution in [3.8, 4) is 0 Å². The predicted molar refractivity (Wildman–Crippen MR) is 80.5 cm³/mol. The summed E-state index contributed by atoms with van der Waals surface area (Å²) in [5.74, 6) is 0.113. The Kier molecular flexibility index (Phi) is 5.13. The van der Waals surface area contributed by atoms with Crippen LogP contribution in [0.5, 0.6) is 0 Å². The maximum absolute atomic E-state index is 12.1. The number of hydrogen-bond donors (Lipinski definition) is 0. The Morgan fingerprint density at radius 3 is 2.60 bits per heavy atom. The van der Waals surface area contributed by atoms with Crippen LogP contribution in [-0.4, -0.2) is 22.8 Å². The number of amides is 1. The second kappa shape index (κ2) is 7.06. The number of benzene rings is 1. The standard InChI is InChI=1S/C16H17ClN2O/c1-19(12-14-4-2-3-5-15(14)17)16(20)7-6-13-8-10-18-11-9-13/h2-5,8-11H,6-7,12H2,1H3. The van der Waals surface area contributed by atoms with Gasteiger partial charge in [0.15, 0.2) is 0 Å². The third-order valence-corrected chi connectivity index (χ3v) is 3.54. The van der Waals surface area contributed by atoms with Crippen LogP contribution < -0.4 is 0 Å². The van der Waals surface area contributed by atoms with E-state index in [1.807, 2.05) is 36.4 Å². The van der Waals surface area contributed by atoms with E-state index < -0.39 is 0 Å². The van der Waals surface area contributed by atoms with Gasteiger partial charge in [-0.25, -0.2) is 0 Å². The molecule has 0 bridgehead atoms. The molecule has 20 heavy (non-hydrogen) atoms. The van der Waals surface area contributed by atoms with Crippen LogP contribution in [0, 0.1) is 0 Å². The van der Waals surface area contributed by atoms with E-state index in [-0.39, 0.29) is 5.91 Å². The third-order valence-electron chi connectivity index (χ3n) is 3.17. The summed E-state index contributed by atoms with van der Waals surface area (Å²) in [6.07, 6.45) is 4.71. The smallest absolute Gasteiger partial charge is 0.222 e. The van der Waals surface area contributed by atoms with Gasteiger partial charge in [0.1, 0.15) is 0 Å². The average Bonchev–Trinajstić information content (AvgIpc) is 2.48. The molecule has 4 heteroatoms. The van der Waals surface area contributed by atoms with E-state index in [1.54, 1.807) is 24.3 Å². The molecule has 3 nitrogen and oxygen atoms in total. The lowest BCUT2D eigenvalue weighted by Crippen LogP contribution is -2.26. The van der Waals surface area contributed by atoms with Crippen molar-refractivity contribution >= 4 is 17.5 Å². The maximum atomic E-state index is 12.1. The largest absolute Gasteiger partial charge is 0.341 e. The van der Waals surface area contributed by atoms with Crippen molar-refractivity contribution in [2.45, 2.75) is 19.4 Å². The van der Waals surface area contributed by atoms with E-state index in [1.165, 1.54) is 0 Å². The first kappa shape index (κ1) is 14.5. The molecule has 0 N–H and O–H groups in total. The Hall–Kier alpha value is -1.87. The SMILES string of the molecule is CN(Cc1ccccc1Cl)C(=O)CCc1ccncc1. The van der Waals surface area contributed by atoms with Crippen LogP contribution in [0.15, 0.2) is 48.8 Å². The molecule has 1 amide bonds. The van der Waals surface area contributed by atoms with Gasteiger partial charge in [0.05, 0.1) is 0 Å². The molecule has 1 heterocycles. The zero-order chi connectivity index (χ0) is 14.4. The number of halogens is 1. The van der Waals surface area contributed by atoms with Crippen molar-refractivity contribution in [3.05, 3.63) is 64.9 Å². The van der Waals surface area contributed by atoms with Crippen LogP contribution in [0.25, 0.3) is 0 Å². The van der Waals surface area contributed by atoms with Gasteiger partial charge in [-0.15, -0.1) is 0 Å². The van der Waals surface area contributed by atoms with E-state index in [0.717, 1.165) is 17.5 Å². The Labute approximate surface area is 124 Å². The molecule has 0 spiro atoms. The maximum Gasteiger partial charge on any atom is 0.222 e. The number of rotatable bonds is 5. The molecule has 0 atom stereocenters. The lowest BCUT2D eigenvalue weighted by molar-refractivity contribution is -0.130. The van der Waals surface area contributed by atoms with Crippen LogP contribution in [0.4, 0.5) is 0 Å². The van der Waals surface area contributed by atoms with Crippen LogP contribution in [-0.2, 0) is 17.8 Å². The van der Waals surface area contributed by atoms with E-state index >= 15 is 0 Å². The normalized spacial score (nSPS) is 10.3. The first-order chi connectivity index (χ1) is 9.66. The number of hydrogen-bond acceptors (Lipinski definition) is 2. The molecule has 0 saturated heterocycles. The topological polar surface area (TPSA) is 33.2 Å². The zero-order valence-electron chi connectivity index (χ0n) is 11.4. The molecule has 0 saturated carbocycles. The first-order valence-corrected chi connectivity index (χ1v) is 6.91. The lowest BCUT2D eigenvalue weighted by atomic mass is 10.1. The summed E-state index contributed by atoms with van der Waals surface area (Å²) in [5.41, 5.74) is 2.09. The molecule has 2 rings (SSSR count). The average molecular weight is 289 g/mol. The van der Waals surface area contributed by atoms with Gasteiger partial charge in [-0.1, -0.05) is 29.8 Å². The van der Waals surface area contributed by atoms with Crippen LogP contribution in [0.2, 0.25) is 5.02 Å². The van der Waals surface area contributed by atoms with E-state index in [9.17, 15) is 4.79 Å². The molecule has 104 valence electrons. The monoisotopic (exact) mass is 288 g/mol. The van der Waals surface area contributed by atoms with E-state index in [0.29, 0.717) is 18.0 Å². The number of aromatic nitrogens is 1. The molecule has 0 fully saturated rings. The lowest BCUT2D eigenvalue weighted by Gasteiger charge is -2.18. The number of carbonyl (C=O) groups excluding carboxylic acids is 1. The van der Waals surface area contributed by atoms with Gasteiger partial charge in [-0.2, -0.15) is 0 Å². The number of carbonyl (C=O) groups is 1. The fourth-order valence-corrected chi connectivity index (χ4v) is 2.16. The van der Waals surface area contributed by atoms with E-state index in [2.05, 4.69) is 4.98 Å². The van der Waals surface area contributed by atoms with Crippen LogP contribution >= 0.6 is 11.6 Å². The summed E-state index contributed by atoms with van der Waals surface area (Å²) in [6.45, 7) is 0.537. The summed E-state index contributed by atoms with van der Waals surface area (Å²) in [4.78, 5) is 17.8. The summed E-state index contributed by atoms with van der Waals surface area (Å²) >= 11 is 6.10. The van der Waals surface area contributed by atoms with E-state index in [4.69, 9.17) is 11.6 Å². The Morgan fingerprint density at radius 1 is 1.20 bits per heavy atom. The van der Waals surface area contributed by atoms with Crippen molar-refractivity contribution in [2.75, 3.05) is 7.05 Å². The molecule has 0 radical (unpaired) electrons. The van der Waals surface area contributed by atoms with Crippen LogP contribution in [0.3, 0.4) is 0 Å². The molecule has 1 aromatic heterocycles. The number of nitrogens with zero attached hydrogens (tertiary/aromatic N) is 2. The molecular weight excluding hydrogens is 272 g/mol. The van der Waals surface area contributed by atoms with Crippen molar-refractivity contribution in [2.24, 2.45) is 0 Å². The highest BCUT2D eigenvalue weighted by Gasteiger charge is 2.10. The Balaban J connectivity index is 1.88. The quantitative estimate of drug-likeness (QED) is 0.845. The summed E-state index contributed by atoms with van der Waals surface area (Å²) < 4.78 is 0. The highest BCUT2D eigenvalue weighted by atomic mass is 35.5. The Morgan fingerprint density at radius 2 is 1.90 bits per heavy atom. The van der Waals surface area contributed by atoms with Crippen molar-refractivity contribution < 1.29 is 4.79 Å². The molecule has 1 aromatic carbocycles. The molecule has 0 aliphatic carbocycles. The summed E-state index contributed by atoms with van der Waals surface area (Å²) in [6, 6.07) is 11.5. The van der Waals surface area contributed by atoms with Gasteiger partial charge < -0.3 is 4.90 Å². The second-order valence-electron chi connectivity index (χ2n) is 4.70. The van der Waals surface area contributed by atoms with Gasteiger partial charge in [0.2, 0.25) is 5.91 Å². The van der Waals surface area contributed by atoms with Gasteiger partial charge in [0, 0.05) is 37.4 Å². The number of pyridine rings is 1. The van der Waals surface area contributed by atoms with Gasteiger partial charge >= 0.3 is 0 Å². The van der Waals surface area contributed by atoms with Crippen molar-refractivity contribution in [1.29, 1.82) is 0 Å². The highest BCUT2D eigenvalue weighted by molar-refractivity contribution is 6.31. The zero-order valence-corrected chi connectivity index (χ0v) is 12.2. The molecule has 0 aliphatic heterocycles. The van der Waals surface area contributed by atoms with Gasteiger partial charge in [-0.05, 0) is 35.7 Å². The fraction of sp³-hybridized carbons (Fsp3) is 0.250. The second-order valence-corrected chi connectivity index (χ2v) is 5.10. The van der Waals surface area contributed by atoms with Gasteiger partial charge in [0.25, 0.3) is 0 Å². The minimum Gasteiger partial charge on any atom is -0.341 e. The number of aryl methyl sites for hydroxylation is 1. The third kappa shape index (κ3) is 4.07. The molecular formula is C16H17ClN2O. The summed E-state index contributed by atoms with van der Waals surface area (Å²) in [7, 11) is 1.80. The highest BCUT2D eigenvalue weighted by Crippen LogP contribution is 2.17. The Bertz CT molecular complexity index is 572. The van der Waals surface area contributed by atoms with Crippen LogP contribution in [0.1, 0.15) is 17.5 Å². The van der Waals surface area contributed by atoms with Crippen molar-refractivity contribution in [3.63, 3.8) is 0 Å². The van der Waals surface area contributed by atoms with Gasteiger partial charge in [-0.3, -0.25) is 9.78 Å². The first-order valence-electron chi connectivity index (χ1n) is 6.53.